The summed E-state index contributed by atoms with van der Waals surface area (Å²) in [6, 6.07) is 9.08. The van der Waals surface area contributed by atoms with Gasteiger partial charge in [0.15, 0.2) is 0 Å². The molecule has 1 aromatic heterocycles. The molecule has 84 valence electrons. The SMILES string of the molecule is [2H]C([2H])([2H])Nc1c(C)n(C)n(-c2ccccc2)c1=O. The number of anilines is 1. The van der Waals surface area contributed by atoms with Crippen molar-refractivity contribution in [3.8, 4) is 5.69 Å². The van der Waals surface area contributed by atoms with Crippen LogP contribution >= 0.6 is 0 Å². The minimum Gasteiger partial charge on any atom is -0.382 e. The molecule has 0 unspecified atom stereocenters. The zero-order valence-corrected chi connectivity index (χ0v) is 9.19. The highest BCUT2D eigenvalue weighted by molar-refractivity contribution is 5.48. The summed E-state index contributed by atoms with van der Waals surface area (Å²) in [4.78, 5) is 12.3. The van der Waals surface area contributed by atoms with E-state index in [1.807, 2.05) is 18.2 Å². The number of aromatic nitrogens is 2. The first-order valence-electron chi connectivity index (χ1n) is 6.43. The van der Waals surface area contributed by atoms with Crippen LogP contribution in [0, 0.1) is 6.92 Å². The van der Waals surface area contributed by atoms with E-state index in [4.69, 9.17) is 4.11 Å². The Bertz CT molecular complexity index is 641. The number of para-hydroxylation sites is 1. The van der Waals surface area contributed by atoms with Crippen molar-refractivity contribution in [3.05, 3.63) is 46.4 Å². The van der Waals surface area contributed by atoms with Crippen molar-refractivity contribution in [1.29, 1.82) is 0 Å². The quantitative estimate of drug-likeness (QED) is 0.833. The maximum Gasteiger partial charge on any atom is 0.295 e. The largest absolute Gasteiger partial charge is 0.382 e. The molecule has 4 nitrogen and oxygen atoms in total. The fourth-order valence-electron chi connectivity index (χ4n) is 1.71. The van der Waals surface area contributed by atoms with Gasteiger partial charge in [-0.05, 0) is 19.1 Å². The van der Waals surface area contributed by atoms with Gasteiger partial charge < -0.3 is 5.32 Å². The fraction of sp³-hybridized carbons (Fsp3) is 0.250. The van der Waals surface area contributed by atoms with Crippen LogP contribution in [0.5, 0.6) is 0 Å². The molecule has 0 spiro atoms. The lowest BCUT2D eigenvalue weighted by molar-refractivity contribution is 0.630. The van der Waals surface area contributed by atoms with Gasteiger partial charge in [-0.25, -0.2) is 4.68 Å². The number of hydrogen-bond acceptors (Lipinski definition) is 2. The summed E-state index contributed by atoms with van der Waals surface area (Å²) >= 11 is 0. The van der Waals surface area contributed by atoms with Gasteiger partial charge in [-0.15, -0.1) is 0 Å². The summed E-state index contributed by atoms with van der Waals surface area (Å²) in [6.45, 7) is -0.686. The molecule has 0 atom stereocenters. The van der Waals surface area contributed by atoms with E-state index in [0.29, 0.717) is 11.4 Å². The highest BCUT2D eigenvalue weighted by atomic mass is 16.1. The van der Waals surface area contributed by atoms with Gasteiger partial charge in [0.05, 0.1) is 11.4 Å². The van der Waals surface area contributed by atoms with Gasteiger partial charge in [0.1, 0.15) is 5.69 Å². The van der Waals surface area contributed by atoms with Crippen molar-refractivity contribution in [2.75, 3.05) is 12.3 Å². The standard InChI is InChI=1S/C12H15N3O/c1-9-11(13-2)12(16)15(14(9)3)10-7-5-4-6-8-10/h4-8,13H,1-3H3/i2D3. The molecule has 0 aliphatic rings. The topological polar surface area (TPSA) is 39.0 Å². The molecule has 2 aromatic rings. The molecule has 16 heavy (non-hydrogen) atoms. The van der Waals surface area contributed by atoms with E-state index in [1.54, 1.807) is 30.8 Å². The van der Waals surface area contributed by atoms with Gasteiger partial charge in [0, 0.05) is 18.1 Å². The van der Waals surface area contributed by atoms with E-state index < -0.39 is 6.98 Å². The van der Waals surface area contributed by atoms with Crippen LogP contribution < -0.4 is 10.9 Å². The lowest BCUT2D eigenvalue weighted by Gasteiger charge is -2.07. The molecule has 0 radical (unpaired) electrons. The minimum absolute atomic E-state index is 0.103. The Kier molecular flexibility index (Phi) is 1.78. The Morgan fingerprint density at radius 1 is 1.31 bits per heavy atom. The first kappa shape index (κ1) is 7.33. The number of rotatable bonds is 2. The molecule has 0 amide bonds. The van der Waals surface area contributed by atoms with Gasteiger partial charge in [-0.1, -0.05) is 18.2 Å². The first-order chi connectivity index (χ1) is 8.81. The Morgan fingerprint density at radius 3 is 2.62 bits per heavy atom. The van der Waals surface area contributed by atoms with Crippen molar-refractivity contribution in [3.63, 3.8) is 0 Å². The maximum absolute atomic E-state index is 12.3. The zero-order valence-electron chi connectivity index (χ0n) is 12.2. The second kappa shape index (κ2) is 3.89. The molecule has 1 N–H and O–H groups in total. The average molecular weight is 220 g/mol. The van der Waals surface area contributed by atoms with Crippen molar-refractivity contribution in [2.45, 2.75) is 6.92 Å². The van der Waals surface area contributed by atoms with Crippen LogP contribution in [0.25, 0.3) is 5.69 Å². The van der Waals surface area contributed by atoms with Gasteiger partial charge in [0.2, 0.25) is 0 Å². The van der Waals surface area contributed by atoms with Crippen LogP contribution in [0.4, 0.5) is 5.69 Å². The number of hydrogen-bond donors (Lipinski definition) is 1. The molecule has 4 heteroatoms. The summed E-state index contributed by atoms with van der Waals surface area (Å²) in [7, 11) is 1.72. The second-order valence-corrected chi connectivity index (χ2v) is 3.56. The molecule has 1 heterocycles. The zero-order chi connectivity index (χ0) is 14.2. The smallest absolute Gasteiger partial charge is 0.295 e. The van der Waals surface area contributed by atoms with E-state index in [-0.39, 0.29) is 11.2 Å². The predicted octanol–water partition coefficient (Wildman–Crippen LogP) is 1.53. The molecule has 0 bridgehead atoms. The first-order valence-corrected chi connectivity index (χ1v) is 4.93. The molecule has 1 aromatic carbocycles. The maximum atomic E-state index is 12.3. The molecule has 0 aliphatic heterocycles. The lowest BCUT2D eigenvalue weighted by atomic mass is 10.3. The number of nitrogens with zero attached hydrogens (tertiary/aromatic N) is 2. The Balaban J connectivity index is 2.60. The summed E-state index contributed by atoms with van der Waals surface area (Å²) in [5, 5.41) is 2.29. The third kappa shape index (κ3) is 1.43. The van der Waals surface area contributed by atoms with Crippen LogP contribution in [0.3, 0.4) is 0 Å². The van der Waals surface area contributed by atoms with Crippen molar-refractivity contribution < 1.29 is 4.11 Å². The summed E-state index contributed by atoms with van der Waals surface area (Å²) in [5.41, 5.74) is 0.996. The Labute approximate surface area is 98.3 Å². The van der Waals surface area contributed by atoms with Crippen LogP contribution in [0.2, 0.25) is 0 Å². The lowest BCUT2D eigenvalue weighted by Crippen LogP contribution is -2.20. The summed E-state index contributed by atoms with van der Waals surface area (Å²) < 4.78 is 24.7. The molecular weight excluding hydrogens is 202 g/mol. The van der Waals surface area contributed by atoms with Gasteiger partial charge in [-0.3, -0.25) is 9.48 Å². The normalized spacial score (nSPS) is 14.0. The van der Waals surface area contributed by atoms with E-state index in [1.165, 1.54) is 4.68 Å². The van der Waals surface area contributed by atoms with Crippen molar-refractivity contribution in [2.24, 2.45) is 7.05 Å². The van der Waals surface area contributed by atoms with Crippen LogP contribution in [0.1, 0.15) is 9.81 Å². The molecule has 0 aliphatic carbocycles. The molecule has 0 saturated heterocycles. The minimum atomic E-state index is -2.39. The Hall–Kier alpha value is -1.97. The average Bonchev–Trinajstić information content (AvgIpc) is 2.53. The molecular formula is C12H15N3O. The number of nitrogens with one attached hydrogen (secondary N) is 1. The summed E-state index contributed by atoms with van der Waals surface area (Å²) in [6.07, 6.45) is 0. The Morgan fingerprint density at radius 2 is 2.00 bits per heavy atom. The monoisotopic (exact) mass is 220 g/mol. The highest BCUT2D eigenvalue weighted by Gasteiger charge is 2.13. The van der Waals surface area contributed by atoms with E-state index in [2.05, 4.69) is 5.32 Å². The van der Waals surface area contributed by atoms with E-state index in [9.17, 15) is 4.79 Å². The number of benzene rings is 1. The molecule has 0 fully saturated rings. The van der Waals surface area contributed by atoms with Crippen LogP contribution in [-0.2, 0) is 7.05 Å². The van der Waals surface area contributed by atoms with Crippen LogP contribution in [0.15, 0.2) is 35.1 Å². The van der Waals surface area contributed by atoms with Gasteiger partial charge >= 0.3 is 0 Å². The van der Waals surface area contributed by atoms with Gasteiger partial charge in [0.25, 0.3) is 5.56 Å². The van der Waals surface area contributed by atoms with Crippen LogP contribution in [-0.4, -0.2) is 16.3 Å². The van der Waals surface area contributed by atoms with E-state index >= 15 is 0 Å². The van der Waals surface area contributed by atoms with Crippen molar-refractivity contribution >= 4 is 5.69 Å². The van der Waals surface area contributed by atoms with E-state index in [0.717, 1.165) is 0 Å². The molecule has 2 rings (SSSR count). The van der Waals surface area contributed by atoms with Crippen molar-refractivity contribution in [1.82, 2.24) is 9.36 Å². The fourth-order valence-corrected chi connectivity index (χ4v) is 1.71. The predicted molar refractivity (Wildman–Crippen MR) is 65.3 cm³/mol. The van der Waals surface area contributed by atoms with Gasteiger partial charge in [-0.2, -0.15) is 0 Å². The highest BCUT2D eigenvalue weighted by Crippen LogP contribution is 2.12. The third-order valence-corrected chi connectivity index (χ3v) is 2.68. The summed E-state index contributed by atoms with van der Waals surface area (Å²) in [5.74, 6) is 0. The second-order valence-electron chi connectivity index (χ2n) is 3.56. The molecule has 0 saturated carbocycles. The third-order valence-electron chi connectivity index (χ3n) is 2.68.